The van der Waals surface area contributed by atoms with Crippen LogP contribution in [0.2, 0.25) is 0 Å². The molecule has 2 unspecified atom stereocenters. The number of nitrogens with one attached hydrogen (secondary N) is 1. The van der Waals surface area contributed by atoms with Gasteiger partial charge in [-0.05, 0) is 26.8 Å². The molecular weight excluding hydrogens is 206 g/mol. The zero-order chi connectivity index (χ0) is 10.7. The Morgan fingerprint density at radius 1 is 1.67 bits per heavy atom. The molecule has 0 amide bonds. The van der Waals surface area contributed by atoms with Crippen molar-refractivity contribution in [1.82, 2.24) is 15.2 Å². The molecule has 1 aromatic rings. The lowest BCUT2D eigenvalue weighted by Crippen LogP contribution is -2.46. The number of nitrogens with zero attached hydrogens (tertiary/aromatic N) is 2. The van der Waals surface area contributed by atoms with Gasteiger partial charge in [-0.1, -0.05) is 0 Å². The van der Waals surface area contributed by atoms with Crippen LogP contribution in [0.3, 0.4) is 0 Å². The fourth-order valence-corrected chi connectivity index (χ4v) is 2.79. The zero-order valence-corrected chi connectivity index (χ0v) is 10.3. The van der Waals surface area contributed by atoms with E-state index in [-0.39, 0.29) is 0 Å². The molecule has 0 spiro atoms. The van der Waals surface area contributed by atoms with Crippen LogP contribution in [0.1, 0.15) is 25.5 Å². The summed E-state index contributed by atoms with van der Waals surface area (Å²) in [6, 6.07) is 1.37. The highest BCUT2D eigenvalue weighted by atomic mass is 32.1. The predicted molar refractivity (Wildman–Crippen MR) is 64.1 cm³/mol. The lowest BCUT2D eigenvalue weighted by Gasteiger charge is -2.37. The summed E-state index contributed by atoms with van der Waals surface area (Å²) in [4.78, 5) is 6.88. The Bertz CT molecular complexity index is 286. The maximum atomic E-state index is 4.35. The van der Waals surface area contributed by atoms with Crippen LogP contribution in [0.15, 0.2) is 10.9 Å². The molecule has 1 N–H and O–H groups in total. The highest BCUT2D eigenvalue weighted by Gasteiger charge is 2.24. The number of hydrogen-bond donors (Lipinski definition) is 1. The average Bonchev–Trinajstić information content (AvgIpc) is 2.74. The van der Waals surface area contributed by atoms with Gasteiger partial charge < -0.3 is 5.32 Å². The lowest BCUT2D eigenvalue weighted by molar-refractivity contribution is 0.130. The summed E-state index contributed by atoms with van der Waals surface area (Å²) in [5, 5.41) is 5.52. The monoisotopic (exact) mass is 225 g/mol. The van der Waals surface area contributed by atoms with E-state index in [0.29, 0.717) is 12.1 Å². The molecule has 0 bridgehead atoms. The second-order valence-corrected chi connectivity index (χ2v) is 5.03. The minimum Gasteiger partial charge on any atom is -0.317 e. The maximum Gasteiger partial charge on any atom is 0.0795 e. The smallest absolute Gasteiger partial charge is 0.0795 e. The molecule has 1 aromatic heterocycles. The third kappa shape index (κ3) is 2.77. The molecule has 2 heterocycles. The third-order valence-corrected chi connectivity index (χ3v) is 3.91. The summed E-state index contributed by atoms with van der Waals surface area (Å²) < 4.78 is 0. The Kier molecular flexibility index (Phi) is 3.72. The standard InChI is InChI=1S/C11H19N3S/c1-9-5-10(12-2)3-4-14(9)6-11-7-15-8-13-11/h7-10,12H,3-6H2,1-2H3. The second-order valence-electron chi connectivity index (χ2n) is 4.31. The van der Waals surface area contributed by atoms with Gasteiger partial charge >= 0.3 is 0 Å². The molecule has 84 valence electrons. The van der Waals surface area contributed by atoms with Crippen LogP contribution in [0, 0.1) is 0 Å². The number of likely N-dealkylation sites (tertiary alicyclic amines) is 1. The van der Waals surface area contributed by atoms with Gasteiger partial charge in [-0.25, -0.2) is 4.98 Å². The first kappa shape index (κ1) is 11.0. The SMILES string of the molecule is CNC1CCN(Cc2cscn2)C(C)C1. The van der Waals surface area contributed by atoms with Gasteiger partial charge in [-0.15, -0.1) is 11.3 Å². The minimum atomic E-state index is 0.665. The summed E-state index contributed by atoms with van der Waals surface area (Å²) in [6.45, 7) is 4.52. The van der Waals surface area contributed by atoms with Crippen molar-refractivity contribution in [2.75, 3.05) is 13.6 Å². The van der Waals surface area contributed by atoms with Crippen LogP contribution in [-0.4, -0.2) is 35.6 Å². The summed E-state index contributed by atoms with van der Waals surface area (Å²) in [5.41, 5.74) is 3.13. The summed E-state index contributed by atoms with van der Waals surface area (Å²) in [6.07, 6.45) is 2.51. The Hall–Kier alpha value is -0.450. The molecular formula is C11H19N3S. The summed E-state index contributed by atoms with van der Waals surface area (Å²) in [7, 11) is 2.06. The van der Waals surface area contributed by atoms with E-state index in [1.807, 2.05) is 5.51 Å². The first-order valence-corrected chi connectivity index (χ1v) is 6.52. The first-order chi connectivity index (χ1) is 7.29. The van der Waals surface area contributed by atoms with Gasteiger partial charge in [0.05, 0.1) is 11.2 Å². The lowest BCUT2D eigenvalue weighted by atomic mass is 9.98. The van der Waals surface area contributed by atoms with Gasteiger partial charge in [0.25, 0.3) is 0 Å². The van der Waals surface area contributed by atoms with Crippen LogP contribution < -0.4 is 5.32 Å². The largest absolute Gasteiger partial charge is 0.317 e. The van der Waals surface area contributed by atoms with E-state index in [2.05, 4.69) is 34.6 Å². The quantitative estimate of drug-likeness (QED) is 0.849. The first-order valence-electron chi connectivity index (χ1n) is 5.58. The van der Waals surface area contributed by atoms with Gasteiger partial charge in [-0.2, -0.15) is 0 Å². The molecule has 1 saturated heterocycles. The number of aromatic nitrogens is 1. The molecule has 15 heavy (non-hydrogen) atoms. The highest BCUT2D eigenvalue weighted by molar-refractivity contribution is 7.07. The van der Waals surface area contributed by atoms with Crippen molar-refractivity contribution in [3.05, 3.63) is 16.6 Å². The van der Waals surface area contributed by atoms with E-state index in [4.69, 9.17) is 0 Å². The Morgan fingerprint density at radius 3 is 3.13 bits per heavy atom. The van der Waals surface area contributed by atoms with Crippen molar-refractivity contribution in [1.29, 1.82) is 0 Å². The topological polar surface area (TPSA) is 28.2 Å². The molecule has 0 aromatic carbocycles. The van der Waals surface area contributed by atoms with E-state index in [0.717, 1.165) is 6.54 Å². The Morgan fingerprint density at radius 2 is 2.53 bits per heavy atom. The fraction of sp³-hybridized carbons (Fsp3) is 0.727. The van der Waals surface area contributed by atoms with Crippen molar-refractivity contribution >= 4 is 11.3 Å². The van der Waals surface area contributed by atoms with Crippen LogP contribution in [0.4, 0.5) is 0 Å². The van der Waals surface area contributed by atoms with E-state index in [1.165, 1.54) is 25.1 Å². The van der Waals surface area contributed by atoms with Crippen molar-refractivity contribution in [3.63, 3.8) is 0 Å². The minimum absolute atomic E-state index is 0.665. The predicted octanol–water partition coefficient (Wildman–Crippen LogP) is 1.72. The highest BCUT2D eigenvalue weighted by Crippen LogP contribution is 2.19. The summed E-state index contributed by atoms with van der Waals surface area (Å²) in [5.74, 6) is 0. The van der Waals surface area contributed by atoms with Crippen LogP contribution >= 0.6 is 11.3 Å². The molecule has 2 rings (SSSR count). The molecule has 3 nitrogen and oxygen atoms in total. The normalized spacial score (nSPS) is 28.1. The Balaban J connectivity index is 1.89. The molecule has 2 atom stereocenters. The molecule has 1 aliphatic rings. The van der Waals surface area contributed by atoms with E-state index < -0.39 is 0 Å². The fourth-order valence-electron chi connectivity index (χ4n) is 2.24. The molecule has 1 aliphatic heterocycles. The number of rotatable bonds is 3. The van der Waals surface area contributed by atoms with Gasteiger partial charge in [0, 0.05) is 30.6 Å². The van der Waals surface area contributed by atoms with E-state index in [9.17, 15) is 0 Å². The molecule has 0 saturated carbocycles. The van der Waals surface area contributed by atoms with E-state index >= 15 is 0 Å². The van der Waals surface area contributed by atoms with Crippen molar-refractivity contribution in [2.24, 2.45) is 0 Å². The number of thiazole rings is 1. The summed E-state index contributed by atoms with van der Waals surface area (Å²) >= 11 is 1.68. The maximum absolute atomic E-state index is 4.35. The zero-order valence-electron chi connectivity index (χ0n) is 9.44. The molecule has 0 aliphatic carbocycles. The number of hydrogen-bond acceptors (Lipinski definition) is 4. The van der Waals surface area contributed by atoms with Crippen LogP contribution in [-0.2, 0) is 6.54 Å². The molecule has 1 fully saturated rings. The Labute approximate surface area is 95.5 Å². The van der Waals surface area contributed by atoms with Crippen molar-refractivity contribution in [2.45, 2.75) is 38.4 Å². The van der Waals surface area contributed by atoms with Crippen LogP contribution in [0.25, 0.3) is 0 Å². The number of piperidine rings is 1. The van der Waals surface area contributed by atoms with E-state index in [1.54, 1.807) is 11.3 Å². The third-order valence-electron chi connectivity index (χ3n) is 3.27. The second kappa shape index (κ2) is 5.05. The van der Waals surface area contributed by atoms with Gasteiger partial charge in [-0.3, -0.25) is 4.90 Å². The van der Waals surface area contributed by atoms with Gasteiger partial charge in [0.1, 0.15) is 0 Å². The van der Waals surface area contributed by atoms with Gasteiger partial charge in [0.15, 0.2) is 0 Å². The van der Waals surface area contributed by atoms with Crippen molar-refractivity contribution in [3.8, 4) is 0 Å². The van der Waals surface area contributed by atoms with Crippen LogP contribution in [0.5, 0.6) is 0 Å². The average molecular weight is 225 g/mol. The van der Waals surface area contributed by atoms with Crippen molar-refractivity contribution < 1.29 is 0 Å². The molecule has 4 heteroatoms. The molecule has 0 radical (unpaired) electrons. The van der Waals surface area contributed by atoms with Gasteiger partial charge in [0.2, 0.25) is 0 Å².